The SMILES string of the molecule is CN(CC(N)=S)C(=O)c1ccc2cc(Br)ccc2c1. The smallest absolute Gasteiger partial charge is 0.253 e. The molecule has 0 unspecified atom stereocenters. The van der Waals surface area contributed by atoms with Gasteiger partial charge in [0.25, 0.3) is 5.91 Å². The molecule has 0 bridgehead atoms. The van der Waals surface area contributed by atoms with Crippen molar-refractivity contribution in [3.63, 3.8) is 0 Å². The van der Waals surface area contributed by atoms with Crippen LogP contribution in [0.4, 0.5) is 0 Å². The van der Waals surface area contributed by atoms with Crippen molar-refractivity contribution in [2.45, 2.75) is 0 Å². The van der Waals surface area contributed by atoms with Crippen molar-refractivity contribution in [2.24, 2.45) is 5.73 Å². The summed E-state index contributed by atoms with van der Waals surface area (Å²) in [5.41, 5.74) is 6.08. The summed E-state index contributed by atoms with van der Waals surface area (Å²) in [5, 5.41) is 2.11. The summed E-state index contributed by atoms with van der Waals surface area (Å²) >= 11 is 8.24. The first-order valence-electron chi connectivity index (χ1n) is 5.70. The lowest BCUT2D eigenvalue weighted by atomic mass is 10.1. The van der Waals surface area contributed by atoms with E-state index in [9.17, 15) is 4.79 Å². The Labute approximate surface area is 125 Å². The van der Waals surface area contributed by atoms with Crippen LogP contribution in [0.3, 0.4) is 0 Å². The van der Waals surface area contributed by atoms with Crippen molar-refractivity contribution in [1.82, 2.24) is 4.90 Å². The number of halogens is 1. The molecule has 0 aliphatic rings. The predicted octanol–water partition coefficient (Wildman–Crippen LogP) is 2.96. The highest BCUT2D eigenvalue weighted by Crippen LogP contribution is 2.21. The number of rotatable bonds is 3. The van der Waals surface area contributed by atoms with E-state index in [-0.39, 0.29) is 12.5 Å². The number of likely N-dealkylation sites (N-methyl/N-ethyl adjacent to an activating group) is 1. The standard InChI is InChI=1S/C14H13BrN2OS/c1-17(8-13(16)19)14(18)11-3-2-10-7-12(15)5-4-9(10)6-11/h2-7H,8H2,1H3,(H2,16,19). The summed E-state index contributed by atoms with van der Waals surface area (Å²) in [6.07, 6.45) is 0. The summed E-state index contributed by atoms with van der Waals surface area (Å²) in [6, 6.07) is 11.6. The van der Waals surface area contributed by atoms with E-state index in [1.165, 1.54) is 4.90 Å². The molecule has 98 valence electrons. The third-order valence-corrected chi connectivity index (χ3v) is 3.41. The molecule has 0 radical (unpaired) electrons. The van der Waals surface area contributed by atoms with Gasteiger partial charge in [0, 0.05) is 17.1 Å². The monoisotopic (exact) mass is 336 g/mol. The van der Waals surface area contributed by atoms with Crippen LogP contribution in [0.2, 0.25) is 0 Å². The van der Waals surface area contributed by atoms with Crippen molar-refractivity contribution in [1.29, 1.82) is 0 Å². The van der Waals surface area contributed by atoms with E-state index in [4.69, 9.17) is 18.0 Å². The molecule has 0 heterocycles. The van der Waals surface area contributed by atoms with Gasteiger partial charge in [-0.15, -0.1) is 0 Å². The zero-order valence-electron chi connectivity index (χ0n) is 10.4. The van der Waals surface area contributed by atoms with E-state index in [0.29, 0.717) is 10.6 Å². The molecule has 19 heavy (non-hydrogen) atoms. The Morgan fingerprint density at radius 2 is 1.89 bits per heavy atom. The van der Waals surface area contributed by atoms with Crippen LogP contribution in [0.25, 0.3) is 10.8 Å². The Kier molecular flexibility index (Phi) is 4.17. The number of carbonyl (C=O) groups excluding carboxylic acids is 1. The second-order valence-corrected chi connectivity index (χ2v) is 5.77. The van der Waals surface area contributed by atoms with Crippen molar-refractivity contribution in [3.8, 4) is 0 Å². The number of hydrogen-bond donors (Lipinski definition) is 1. The number of amides is 1. The molecule has 0 spiro atoms. The van der Waals surface area contributed by atoms with Crippen LogP contribution in [-0.2, 0) is 0 Å². The third-order valence-electron chi connectivity index (χ3n) is 2.79. The molecular weight excluding hydrogens is 324 g/mol. The van der Waals surface area contributed by atoms with Crippen LogP contribution in [0.15, 0.2) is 40.9 Å². The van der Waals surface area contributed by atoms with Gasteiger partial charge in [-0.3, -0.25) is 4.79 Å². The summed E-state index contributed by atoms with van der Waals surface area (Å²) in [7, 11) is 1.69. The number of nitrogens with zero attached hydrogens (tertiary/aromatic N) is 1. The zero-order valence-corrected chi connectivity index (χ0v) is 12.8. The number of hydrogen-bond acceptors (Lipinski definition) is 2. The fourth-order valence-corrected chi connectivity index (χ4v) is 2.45. The fraction of sp³-hybridized carbons (Fsp3) is 0.143. The van der Waals surface area contributed by atoms with E-state index in [1.807, 2.05) is 36.4 Å². The number of thiocarbonyl (C=S) groups is 1. The minimum absolute atomic E-state index is 0.0855. The quantitative estimate of drug-likeness (QED) is 0.876. The van der Waals surface area contributed by atoms with Crippen LogP contribution in [0, 0.1) is 0 Å². The molecule has 0 aromatic heterocycles. The van der Waals surface area contributed by atoms with Gasteiger partial charge in [0.2, 0.25) is 0 Å². The molecular formula is C14H13BrN2OS. The fourth-order valence-electron chi connectivity index (χ4n) is 1.88. The number of fused-ring (bicyclic) bond motifs is 1. The number of benzene rings is 2. The Morgan fingerprint density at radius 3 is 2.58 bits per heavy atom. The molecule has 2 aromatic carbocycles. The average Bonchev–Trinajstić information content (AvgIpc) is 2.36. The summed E-state index contributed by atoms with van der Waals surface area (Å²) in [5.74, 6) is -0.0855. The van der Waals surface area contributed by atoms with Gasteiger partial charge < -0.3 is 10.6 Å². The van der Waals surface area contributed by atoms with Gasteiger partial charge in [-0.25, -0.2) is 0 Å². The van der Waals surface area contributed by atoms with E-state index >= 15 is 0 Å². The van der Waals surface area contributed by atoms with Crippen molar-refractivity contribution < 1.29 is 4.79 Å². The van der Waals surface area contributed by atoms with E-state index in [2.05, 4.69) is 15.9 Å². The lowest BCUT2D eigenvalue weighted by Crippen LogP contribution is -2.34. The Morgan fingerprint density at radius 1 is 1.26 bits per heavy atom. The second-order valence-electron chi connectivity index (χ2n) is 4.33. The van der Waals surface area contributed by atoms with Crippen LogP contribution in [0.5, 0.6) is 0 Å². The maximum Gasteiger partial charge on any atom is 0.253 e. The number of carbonyl (C=O) groups is 1. The van der Waals surface area contributed by atoms with Crippen molar-refractivity contribution in [2.75, 3.05) is 13.6 Å². The largest absolute Gasteiger partial charge is 0.392 e. The Hall–Kier alpha value is -1.46. The first-order chi connectivity index (χ1) is 8.97. The molecule has 0 saturated heterocycles. The van der Waals surface area contributed by atoms with Crippen LogP contribution in [-0.4, -0.2) is 29.4 Å². The minimum Gasteiger partial charge on any atom is -0.392 e. The van der Waals surface area contributed by atoms with Gasteiger partial charge in [-0.2, -0.15) is 0 Å². The molecule has 2 rings (SSSR count). The molecule has 0 atom stereocenters. The van der Waals surface area contributed by atoms with Gasteiger partial charge in [0.15, 0.2) is 0 Å². The molecule has 0 aliphatic heterocycles. The van der Waals surface area contributed by atoms with Crippen molar-refractivity contribution in [3.05, 3.63) is 46.4 Å². The highest BCUT2D eigenvalue weighted by molar-refractivity contribution is 9.10. The van der Waals surface area contributed by atoms with E-state index < -0.39 is 0 Å². The highest BCUT2D eigenvalue weighted by atomic mass is 79.9. The Balaban J connectivity index is 2.33. The van der Waals surface area contributed by atoms with E-state index in [0.717, 1.165) is 15.2 Å². The van der Waals surface area contributed by atoms with Crippen LogP contribution >= 0.6 is 28.1 Å². The maximum absolute atomic E-state index is 12.2. The van der Waals surface area contributed by atoms with Gasteiger partial charge >= 0.3 is 0 Å². The average molecular weight is 337 g/mol. The predicted molar refractivity (Wildman–Crippen MR) is 85.4 cm³/mol. The molecule has 3 nitrogen and oxygen atoms in total. The van der Waals surface area contributed by atoms with Crippen LogP contribution < -0.4 is 5.73 Å². The summed E-state index contributed by atoms with van der Waals surface area (Å²) in [6.45, 7) is 0.284. The molecule has 1 amide bonds. The minimum atomic E-state index is -0.0855. The maximum atomic E-state index is 12.2. The van der Waals surface area contributed by atoms with Crippen molar-refractivity contribution >= 4 is 49.8 Å². The zero-order chi connectivity index (χ0) is 14.0. The normalized spacial score (nSPS) is 10.4. The van der Waals surface area contributed by atoms with Gasteiger partial charge in [-0.1, -0.05) is 40.3 Å². The first kappa shape index (κ1) is 14.0. The van der Waals surface area contributed by atoms with Gasteiger partial charge in [0.05, 0.1) is 11.5 Å². The molecule has 5 heteroatoms. The molecule has 0 saturated carbocycles. The Bertz CT molecular complexity index is 657. The summed E-state index contributed by atoms with van der Waals surface area (Å²) in [4.78, 5) is 14.0. The third kappa shape index (κ3) is 3.30. The highest BCUT2D eigenvalue weighted by Gasteiger charge is 2.12. The molecule has 0 fully saturated rings. The summed E-state index contributed by atoms with van der Waals surface area (Å²) < 4.78 is 1.02. The van der Waals surface area contributed by atoms with Gasteiger partial charge in [0.1, 0.15) is 0 Å². The second kappa shape index (κ2) is 5.67. The topological polar surface area (TPSA) is 46.3 Å². The number of nitrogens with two attached hydrogens (primary N) is 1. The van der Waals surface area contributed by atoms with E-state index in [1.54, 1.807) is 7.05 Å². The lowest BCUT2D eigenvalue weighted by molar-refractivity contribution is 0.0815. The first-order valence-corrected chi connectivity index (χ1v) is 6.90. The molecule has 2 N–H and O–H groups in total. The van der Waals surface area contributed by atoms with Crippen LogP contribution in [0.1, 0.15) is 10.4 Å². The molecule has 2 aromatic rings. The van der Waals surface area contributed by atoms with Gasteiger partial charge in [-0.05, 0) is 35.0 Å². The lowest BCUT2D eigenvalue weighted by Gasteiger charge is -2.16. The molecule has 0 aliphatic carbocycles.